The van der Waals surface area contributed by atoms with Gasteiger partial charge < -0.3 is 20.5 Å². The summed E-state index contributed by atoms with van der Waals surface area (Å²) in [6.07, 6.45) is 1.22. The summed E-state index contributed by atoms with van der Waals surface area (Å²) in [5.41, 5.74) is 6.46. The molecular formula is C22H29ClFN5O2. The number of benzene rings is 1. The molecule has 2 heterocycles. The number of aromatic nitrogens is 2. The van der Waals surface area contributed by atoms with Crippen LogP contribution in [0.4, 0.5) is 4.39 Å². The van der Waals surface area contributed by atoms with Crippen LogP contribution in [-0.4, -0.2) is 45.9 Å². The van der Waals surface area contributed by atoms with E-state index in [2.05, 4.69) is 15.2 Å². The number of hydrogen-bond acceptors (Lipinski definition) is 4. The van der Waals surface area contributed by atoms with Gasteiger partial charge in [0.2, 0.25) is 5.91 Å². The highest BCUT2D eigenvalue weighted by Gasteiger charge is 2.30. The fourth-order valence-corrected chi connectivity index (χ4v) is 4.00. The smallest absolute Gasteiger partial charge is 0.272 e. The van der Waals surface area contributed by atoms with Gasteiger partial charge in [0.15, 0.2) is 5.69 Å². The molecule has 0 unspecified atom stereocenters. The Morgan fingerprint density at radius 2 is 2.03 bits per heavy atom. The summed E-state index contributed by atoms with van der Waals surface area (Å²) in [5, 5.41) is 3.03. The lowest BCUT2D eigenvalue weighted by Gasteiger charge is -2.24. The van der Waals surface area contributed by atoms with Crippen molar-refractivity contribution in [3.05, 3.63) is 40.4 Å². The number of halogens is 2. The number of carbonyl (C=O) groups excluding carboxylic acids is 2. The maximum atomic E-state index is 14.7. The van der Waals surface area contributed by atoms with Crippen LogP contribution < -0.4 is 11.1 Å². The third-order valence-corrected chi connectivity index (χ3v) is 5.50. The van der Waals surface area contributed by atoms with Crippen LogP contribution in [0, 0.1) is 11.2 Å². The highest BCUT2D eigenvalue weighted by atomic mass is 35.5. The molecule has 9 heteroatoms. The van der Waals surface area contributed by atoms with Gasteiger partial charge in [-0.2, -0.15) is 0 Å². The van der Waals surface area contributed by atoms with E-state index in [1.165, 1.54) is 6.07 Å². The molecule has 2 aromatic rings. The summed E-state index contributed by atoms with van der Waals surface area (Å²) in [6.45, 7) is 7.81. The van der Waals surface area contributed by atoms with Crippen LogP contribution in [0.1, 0.15) is 49.8 Å². The molecule has 0 fully saturated rings. The minimum absolute atomic E-state index is 0.179. The van der Waals surface area contributed by atoms with Crippen LogP contribution in [-0.2, 0) is 17.9 Å². The van der Waals surface area contributed by atoms with E-state index in [1.54, 1.807) is 12.1 Å². The maximum Gasteiger partial charge on any atom is 0.272 e. The topological polar surface area (TPSA) is 93.2 Å². The molecule has 0 spiro atoms. The van der Waals surface area contributed by atoms with E-state index < -0.39 is 23.7 Å². The van der Waals surface area contributed by atoms with Crippen LogP contribution in [0.3, 0.4) is 0 Å². The first-order chi connectivity index (χ1) is 14.5. The van der Waals surface area contributed by atoms with Crippen molar-refractivity contribution in [1.29, 1.82) is 0 Å². The SMILES string of the molecule is CN1CCCn2c(-c3ccc(Cl)cc3F)nc(C(=O)N[C@@H](CC(C)(C)C)C(N)=O)c2C1. The van der Waals surface area contributed by atoms with E-state index in [0.717, 1.165) is 13.0 Å². The Bertz CT molecular complexity index is 999. The number of imidazole rings is 1. The summed E-state index contributed by atoms with van der Waals surface area (Å²) < 4.78 is 16.6. The first kappa shape index (κ1) is 23.2. The predicted molar refractivity (Wildman–Crippen MR) is 118 cm³/mol. The molecule has 31 heavy (non-hydrogen) atoms. The molecule has 3 rings (SSSR count). The number of primary amides is 1. The van der Waals surface area contributed by atoms with Gasteiger partial charge in [0, 0.05) is 18.1 Å². The Kier molecular flexibility index (Phi) is 6.71. The van der Waals surface area contributed by atoms with E-state index in [-0.39, 0.29) is 21.7 Å². The summed E-state index contributed by atoms with van der Waals surface area (Å²) in [5.74, 6) is -1.23. The van der Waals surface area contributed by atoms with Gasteiger partial charge in [0.25, 0.3) is 5.91 Å². The Labute approximate surface area is 186 Å². The number of nitrogens with zero attached hydrogens (tertiary/aromatic N) is 3. The van der Waals surface area contributed by atoms with Crippen LogP contribution >= 0.6 is 11.6 Å². The lowest BCUT2D eigenvalue weighted by molar-refractivity contribution is -0.120. The average Bonchev–Trinajstić information content (AvgIpc) is 2.86. The zero-order chi connectivity index (χ0) is 22.9. The Morgan fingerprint density at radius 3 is 2.65 bits per heavy atom. The molecule has 2 amide bonds. The molecule has 168 valence electrons. The second-order valence-corrected chi connectivity index (χ2v) is 9.73. The Hall–Kier alpha value is -2.45. The molecule has 3 N–H and O–H groups in total. The highest BCUT2D eigenvalue weighted by Crippen LogP contribution is 2.29. The fraction of sp³-hybridized carbons (Fsp3) is 0.500. The van der Waals surface area contributed by atoms with Crippen molar-refractivity contribution < 1.29 is 14.0 Å². The first-order valence-corrected chi connectivity index (χ1v) is 10.7. The zero-order valence-corrected chi connectivity index (χ0v) is 19.1. The van der Waals surface area contributed by atoms with E-state index in [9.17, 15) is 14.0 Å². The molecule has 0 radical (unpaired) electrons. The summed E-state index contributed by atoms with van der Waals surface area (Å²) >= 11 is 5.91. The molecule has 0 saturated heterocycles. The lowest BCUT2D eigenvalue weighted by atomic mass is 9.88. The molecule has 1 atom stereocenters. The van der Waals surface area contributed by atoms with Crippen LogP contribution in [0.15, 0.2) is 18.2 Å². The third-order valence-electron chi connectivity index (χ3n) is 5.27. The van der Waals surface area contributed by atoms with Gasteiger partial charge in [-0.15, -0.1) is 0 Å². The quantitative estimate of drug-likeness (QED) is 0.733. The van der Waals surface area contributed by atoms with Crippen molar-refractivity contribution >= 4 is 23.4 Å². The molecular weight excluding hydrogens is 421 g/mol. The number of nitrogens with one attached hydrogen (secondary N) is 1. The maximum absolute atomic E-state index is 14.7. The summed E-state index contributed by atoms with van der Waals surface area (Å²) in [7, 11) is 1.96. The van der Waals surface area contributed by atoms with Crippen LogP contribution in [0.5, 0.6) is 0 Å². The molecule has 1 aromatic heterocycles. The number of nitrogens with two attached hydrogens (primary N) is 1. The average molecular weight is 450 g/mol. The molecule has 0 aliphatic carbocycles. The van der Waals surface area contributed by atoms with Gasteiger partial charge in [-0.05, 0) is 50.0 Å². The van der Waals surface area contributed by atoms with E-state index in [4.69, 9.17) is 17.3 Å². The second kappa shape index (κ2) is 8.96. The number of fused-ring (bicyclic) bond motifs is 1. The monoisotopic (exact) mass is 449 g/mol. The van der Waals surface area contributed by atoms with Gasteiger partial charge in [-0.25, -0.2) is 9.37 Å². The van der Waals surface area contributed by atoms with Crippen molar-refractivity contribution in [2.45, 2.75) is 52.7 Å². The van der Waals surface area contributed by atoms with Gasteiger partial charge in [0.05, 0.1) is 11.3 Å². The summed E-state index contributed by atoms with van der Waals surface area (Å²) in [4.78, 5) is 31.8. The molecule has 1 aromatic carbocycles. The standard InChI is InChI=1S/C22H29ClFN5O2/c1-22(2,3)11-16(19(25)30)26-21(31)18-17-12-28(4)8-5-9-29(17)20(27-18)14-7-6-13(23)10-15(14)24/h6-7,10,16H,5,8-9,11-12H2,1-4H3,(H2,25,30)(H,26,31)/t16-/m0/s1. The second-order valence-electron chi connectivity index (χ2n) is 9.29. The van der Waals surface area contributed by atoms with Crippen molar-refractivity contribution in [2.75, 3.05) is 13.6 Å². The van der Waals surface area contributed by atoms with Crippen LogP contribution in [0.25, 0.3) is 11.4 Å². The third kappa shape index (κ3) is 5.43. The predicted octanol–water partition coefficient (Wildman–Crippen LogP) is 3.20. The Morgan fingerprint density at radius 1 is 1.32 bits per heavy atom. The highest BCUT2D eigenvalue weighted by molar-refractivity contribution is 6.30. The molecule has 1 aliphatic rings. The summed E-state index contributed by atoms with van der Waals surface area (Å²) in [6, 6.07) is 3.56. The zero-order valence-electron chi connectivity index (χ0n) is 18.3. The molecule has 0 bridgehead atoms. The normalized spacial score (nSPS) is 15.8. The van der Waals surface area contributed by atoms with Gasteiger partial charge >= 0.3 is 0 Å². The van der Waals surface area contributed by atoms with Crippen molar-refractivity contribution in [3.63, 3.8) is 0 Å². The lowest BCUT2D eigenvalue weighted by Crippen LogP contribution is -2.46. The number of amides is 2. The van der Waals surface area contributed by atoms with E-state index in [1.807, 2.05) is 32.4 Å². The molecule has 0 saturated carbocycles. The van der Waals surface area contributed by atoms with Crippen molar-refractivity contribution in [1.82, 2.24) is 19.8 Å². The van der Waals surface area contributed by atoms with E-state index >= 15 is 0 Å². The van der Waals surface area contributed by atoms with E-state index in [0.29, 0.717) is 31.0 Å². The largest absolute Gasteiger partial charge is 0.368 e. The van der Waals surface area contributed by atoms with Gasteiger partial charge in [0.1, 0.15) is 17.7 Å². The van der Waals surface area contributed by atoms with Gasteiger partial charge in [-0.3, -0.25) is 9.59 Å². The number of carbonyl (C=O) groups is 2. The minimum Gasteiger partial charge on any atom is -0.368 e. The van der Waals surface area contributed by atoms with Crippen molar-refractivity contribution in [2.24, 2.45) is 11.1 Å². The van der Waals surface area contributed by atoms with Crippen LogP contribution in [0.2, 0.25) is 5.02 Å². The minimum atomic E-state index is -0.830. The number of hydrogen-bond donors (Lipinski definition) is 2. The molecule has 1 aliphatic heterocycles. The Balaban J connectivity index is 2.04. The van der Waals surface area contributed by atoms with Gasteiger partial charge in [-0.1, -0.05) is 32.4 Å². The van der Waals surface area contributed by atoms with Crippen molar-refractivity contribution in [3.8, 4) is 11.4 Å². The fourth-order valence-electron chi connectivity index (χ4n) is 3.84. The first-order valence-electron chi connectivity index (χ1n) is 10.3. The number of rotatable bonds is 5. The molecule has 7 nitrogen and oxygen atoms in total.